The van der Waals surface area contributed by atoms with Crippen molar-refractivity contribution < 1.29 is 0 Å². The molecule has 0 saturated heterocycles. The van der Waals surface area contributed by atoms with Crippen LogP contribution in [0, 0.1) is 11.3 Å². The Balaban J connectivity index is 2.94. The highest BCUT2D eigenvalue weighted by Gasteiger charge is 1.84. The summed E-state index contributed by atoms with van der Waals surface area (Å²) >= 11 is 4.96. The molecule has 0 radical (unpaired) electrons. The van der Waals surface area contributed by atoms with E-state index < -0.39 is 0 Å². The van der Waals surface area contributed by atoms with Crippen LogP contribution in [0.2, 0.25) is 0 Å². The van der Waals surface area contributed by atoms with Gasteiger partial charge in [-0.05, 0) is 0 Å². The first-order chi connectivity index (χ1) is 2.27. The highest BCUT2D eigenvalue weighted by Crippen LogP contribution is 2.04. The Bertz CT molecular complexity index is 55.2. The first-order valence-electron chi connectivity index (χ1n) is 0.949. The van der Waals surface area contributed by atoms with Gasteiger partial charge in [-0.3, -0.25) is 0 Å². The Labute approximate surface area is 52.6 Å². The Morgan fingerprint density at radius 1 is 2.00 bits per heavy atom. The summed E-state index contributed by atoms with van der Waals surface area (Å²) in [6.45, 7) is 0. The lowest BCUT2D eigenvalue weighted by molar-refractivity contribution is 1.49. The normalized spacial score (nSPS) is 13.0. The summed E-state index contributed by atoms with van der Waals surface area (Å²) in [7, 11) is 0. The summed E-state index contributed by atoms with van der Waals surface area (Å²) in [5.41, 5.74) is 0. The summed E-state index contributed by atoms with van der Waals surface area (Å²) < 4.78 is -0.0277. The van der Waals surface area contributed by atoms with Crippen molar-refractivity contribution in [2.45, 2.75) is 2.83 Å². The molecule has 0 fully saturated rings. The SMILES string of the molecule is N#CC(Br)I. The minimum absolute atomic E-state index is 0.0277. The molecule has 0 aliphatic carbocycles. The smallest absolute Gasteiger partial charge is 0.152 e. The van der Waals surface area contributed by atoms with E-state index in [4.69, 9.17) is 5.26 Å². The van der Waals surface area contributed by atoms with E-state index in [1.807, 2.05) is 28.7 Å². The highest BCUT2D eigenvalue weighted by molar-refractivity contribution is 14.1. The number of rotatable bonds is 0. The predicted molar refractivity (Wildman–Crippen MR) is 32.3 cm³/mol. The molecule has 0 aromatic rings. The van der Waals surface area contributed by atoms with Gasteiger partial charge in [0.05, 0.1) is 6.07 Å². The molecule has 0 aromatic heterocycles. The van der Waals surface area contributed by atoms with Gasteiger partial charge in [0.1, 0.15) is 0 Å². The standard InChI is InChI=1S/C2HBrIN/c3-2(4)1-5/h2H. The van der Waals surface area contributed by atoms with Crippen molar-refractivity contribution in [1.29, 1.82) is 5.26 Å². The Hall–Kier alpha value is 0.700. The van der Waals surface area contributed by atoms with Gasteiger partial charge in [-0.25, -0.2) is 0 Å². The second kappa shape index (κ2) is 2.91. The van der Waals surface area contributed by atoms with Crippen LogP contribution in [0.3, 0.4) is 0 Å². The average molecular weight is 246 g/mol. The van der Waals surface area contributed by atoms with Crippen molar-refractivity contribution in [3.63, 3.8) is 0 Å². The van der Waals surface area contributed by atoms with E-state index in [9.17, 15) is 0 Å². The summed E-state index contributed by atoms with van der Waals surface area (Å²) in [6, 6.07) is 1.93. The first-order valence-corrected chi connectivity index (χ1v) is 3.11. The molecule has 0 aliphatic heterocycles. The highest BCUT2D eigenvalue weighted by atomic mass is 127. The quantitative estimate of drug-likeness (QED) is 0.471. The first kappa shape index (κ1) is 5.70. The fourth-order valence-electron chi connectivity index (χ4n) is 0. The van der Waals surface area contributed by atoms with Crippen LogP contribution in [0.4, 0.5) is 0 Å². The molecule has 28 valence electrons. The van der Waals surface area contributed by atoms with Crippen LogP contribution < -0.4 is 0 Å². The van der Waals surface area contributed by atoms with Gasteiger partial charge >= 0.3 is 0 Å². The Kier molecular flexibility index (Phi) is 3.32. The summed E-state index contributed by atoms with van der Waals surface area (Å²) in [4.78, 5) is 0. The van der Waals surface area contributed by atoms with E-state index in [1.165, 1.54) is 0 Å². The zero-order valence-electron chi connectivity index (χ0n) is 2.28. The van der Waals surface area contributed by atoms with Crippen LogP contribution in [0.5, 0.6) is 0 Å². The van der Waals surface area contributed by atoms with E-state index in [-0.39, 0.29) is 2.83 Å². The van der Waals surface area contributed by atoms with Crippen LogP contribution in [-0.2, 0) is 0 Å². The maximum Gasteiger partial charge on any atom is 0.152 e. The van der Waals surface area contributed by atoms with Crippen LogP contribution in [0.15, 0.2) is 0 Å². The molecule has 0 heterocycles. The van der Waals surface area contributed by atoms with E-state index in [1.54, 1.807) is 0 Å². The fraction of sp³-hybridized carbons (Fsp3) is 0.500. The number of hydrogen-bond donors (Lipinski definition) is 0. The van der Waals surface area contributed by atoms with Crippen LogP contribution in [0.25, 0.3) is 0 Å². The second-order valence-corrected chi connectivity index (χ2v) is 4.30. The molecular formula is C2HBrIN. The number of alkyl halides is 2. The second-order valence-electron chi connectivity index (χ2n) is 0.430. The molecule has 1 unspecified atom stereocenters. The zero-order chi connectivity index (χ0) is 4.28. The van der Waals surface area contributed by atoms with Crippen LogP contribution in [0.1, 0.15) is 0 Å². The largest absolute Gasteiger partial charge is 0.196 e. The van der Waals surface area contributed by atoms with E-state index in [2.05, 4.69) is 15.9 Å². The molecule has 0 rings (SSSR count). The van der Waals surface area contributed by atoms with Crippen molar-refractivity contribution in [2.24, 2.45) is 0 Å². The molecule has 0 amide bonds. The molecule has 5 heavy (non-hydrogen) atoms. The predicted octanol–water partition coefficient (Wildman–Crippen LogP) is 1.67. The summed E-state index contributed by atoms with van der Waals surface area (Å²) in [5, 5.41) is 7.84. The van der Waals surface area contributed by atoms with Crippen LogP contribution >= 0.6 is 38.5 Å². The van der Waals surface area contributed by atoms with Crippen molar-refractivity contribution >= 4 is 38.5 Å². The minimum atomic E-state index is -0.0277. The summed E-state index contributed by atoms with van der Waals surface area (Å²) in [6.07, 6.45) is 0. The monoisotopic (exact) mass is 245 g/mol. The molecule has 0 aliphatic rings. The molecule has 0 saturated carbocycles. The fourth-order valence-corrected chi connectivity index (χ4v) is 0. The van der Waals surface area contributed by atoms with E-state index >= 15 is 0 Å². The van der Waals surface area contributed by atoms with Gasteiger partial charge in [0, 0.05) is 0 Å². The molecule has 0 aromatic carbocycles. The van der Waals surface area contributed by atoms with Gasteiger partial charge in [0.2, 0.25) is 0 Å². The van der Waals surface area contributed by atoms with E-state index in [0.29, 0.717) is 0 Å². The molecule has 3 heteroatoms. The molecule has 1 atom stereocenters. The maximum absolute atomic E-state index is 7.84. The van der Waals surface area contributed by atoms with Crippen molar-refractivity contribution in [2.75, 3.05) is 0 Å². The average Bonchev–Trinajstić information content (AvgIpc) is 1.38. The minimum Gasteiger partial charge on any atom is -0.196 e. The summed E-state index contributed by atoms with van der Waals surface area (Å²) in [5.74, 6) is 0. The lowest BCUT2D eigenvalue weighted by atomic mass is 10.9. The lowest BCUT2D eigenvalue weighted by Gasteiger charge is -1.70. The van der Waals surface area contributed by atoms with Gasteiger partial charge in [0.15, 0.2) is 2.83 Å². The topological polar surface area (TPSA) is 23.8 Å². The third kappa shape index (κ3) is 4.70. The Morgan fingerprint density at radius 3 is 2.20 bits per heavy atom. The van der Waals surface area contributed by atoms with Gasteiger partial charge in [-0.1, -0.05) is 38.5 Å². The van der Waals surface area contributed by atoms with Gasteiger partial charge in [0.25, 0.3) is 0 Å². The molecular weight excluding hydrogens is 245 g/mol. The number of nitrogens with zero attached hydrogens (tertiary/aromatic N) is 1. The van der Waals surface area contributed by atoms with E-state index in [0.717, 1.165) is 0 Å². The zero-order valence-corrected chi connectivity index (χ0v) is 6.02. The van der Waals surface area contributed by atoms with Crippen molar-refractivity contribution in [3.05, 3.63) is 0 Å². The van der Waals surface area contributed by atoms with Gasteiger partial charge in [-0.2, -0.15) is 5.26 Å². The molecule has 0 N–H and O–H groups in total. The molecule has 0 spiro atoms. The maximum atomic E-state index is 7.84. The van der Waals surface area contributed by atoms with Crippen LogP contribution in [-0.4, -0.2) is 2.83 Å². The third-order valence-corrected chi connectivity index (χ3v) is 0.581. The van der Waals surface area contributed by atoms with Gasteiger partial charge in [-0.15, -0.1) is 0 Å². The lowest BCUT2D eigenvalue weighted by Crippen LogP contribution is -1.67. The van der Waals surface area contributed by atoms with Gasteiger partial charge < -0.3 is 0 Å². The Morgan fingerprint density at radius 2 is 2.20 bits per heavy atom. The van der Waals surface area contributed by atoms with Crippen molar-refractivity contribution in [1.82, 2.24) is 0 Å². The number of hydrogen-bond acceptors (Lipinski definition) is 1. The molecule has 0 bridgehead atoms. The molecule has 1 nitrogen and oxygen atoms in total. The van der Waals surface area contributed by atoms with Crippen molar-refractivity contribution in [3.8, 4) is 6.07 Å². The number of halogens is 2. The third-order valence-electron chi connectivity index (χ3n) is 0.0976. The number of nitriles is 1.